The molecule has 0 aliphatic heterocycles. The van der Waals surface area contributed by atoms with Crippen molar-refractivity contribution in [2.24, 2.45) is 7.05 Å². The van der Waals surface area contributed by atoms with E-state index in [1.54, 1.807) is 0 Å². The van der Waals surface area contributed by atoms with E-state index in [2.05, 4.69) is 5.10 Å². The van der Waals surface area contributed by atoms with Gasteiger partial charge >= 0.3 is 18.0 Å². The van der Waals surface area contributed by atoms with Crippen LogP contribution in [0.4, 0.5) is 36.4 Å². The number of rotatable bonds is 2. The molecule has 1 aromatic rings. The van der Waals surface area contributed by atoms with Crippen LogP contribution < -0.4 is 5.73 Å². The van der Waals surface area contributed by atoms with Gasteiger partial charge in [-0.3, -0.25) is 4.68 Å². The van der Waals surface area contributed by atoms with Gasteiger partial charge in [-0.1, -0.05) is 0 Å². The summed E-state index contributed by atoms with van der Waals surface area (Å²) in [7, 11) is 0.784. The predicted octanol–water partition coefficient (Wildman–Crippen LogP) is 2.29. The summed E-state index contributed by atoms with van der Waals surface area (Å²) in [6, 6.07) is 0. The molecule has 17 heavy (non-hydrogen) atoms. The molecule has 0 fully saturated rings. The second-order valence-corrected chi connectivity index (χ2v) is 3.22. The third-order valence-corrected chi connectivity index (χ3v) is 2.01. The topological polar surface area (TPSA) is 43.8 Å². The van der Waals surface area contributed by atoms with Crippen molar-refractivity contribution in [1.82, 2.24) is 9.78 Å². The largest absolute Gasteiger partial charge is 0.460 e. The fraction of sp³-hybridized carbons (Fsp3) is 0.571. The molecule has 0 aromatic carbocycles. The molecule has 2 N–H and O–H groups in total. The summed E-state index contributed by atoms with van der Waals surface area (Å²) in [5.74, 6) is -11.7. The number of hydrogen-bond donors (Lipinski definition) is 1. The third-order valence-electron chi connectivity index (χ3n) is 2.01. The maximum absolute atomic E-state index is 13.2. The predicted molar refractivity (Wildman–Crippen MR) is 42.5 cm³/mol. The smallest absolute Gasteiger partial charge is 0.396 e. The molecule has 10 heteroatoms. The summed E-state index contributed by atoms with van der Waals surface area (Å²) in [5, 5.41) is 3.09. The summed E-state index contributed by atoms with van der Waals surface area (Å²) >= 11 is 0. The Morgan fingerprint density at radius 2 is 1.59 bits per heavy atom. The molecule has 3 nitrogen and oxygen atoms in total. The van der Waals surface area contributed by atoms with Crippen LogP contribution in [-0.4, -0.2) is 21.9 Å². The molecule has 0 bridgehead atoms. The first-order chi connectivity index (χ1) is 7.43. The Labute approximate surface area is 90.0 Å². The summed E-state index contributed by atoms with van der Waals surface area (Å²) in [4.78, 5) is 0. The lowest BCUT2D eigenvalue weighted by molar-refractivity contribution is -0.360. The average Bonchev–Trinajstić information content (AvgIpc) is 2.44. The standard InChI is InChI=1S/C7H6F7N3/c1-17-4(3(15)2-16-17)5(8,9)6(10,11)7(12,13)14/h2H,15H2,1H3. The summed E-state index contributed by atoms with van der Waals surface area (Å²) in [5.41, 5.74) is 2.28. The molecule has 0 aliphatic rings. The second kappa shape index (κ2) is 3.50. The lowest BCUT2D eigenvalue weighted by atomic mass is 10.1. The molecule has 0 saturated heterocycles. The van der Waals surface area contributed by atoms with Crippen molar-refractivity contribution in [1.29, 1.82) is 0 Å². The SMILES string of the molecule is Cn1ncc(N)c1C(F)(F)C(F)(F)C(F)(F)F. The highest BCUT2D eigenvalue weighted by Crippen LogP contribution is 2.52. The molecule has 0 radical (unpaired) electrons. The molecule has 98 valence electrons. The van der Waals surface area contributed by atoms with E-state index in [9.17, 15) is 30.7 Å². The highest BCUT2D eigenvalue weighted by atomic mass is 19.4. The molecule has 0 atom stereocenters. The van der Waals surface area contributed by atoms with E-state index in [0.29, 0.717) is 6.20 Å². The third kappa shape index (κ3) is 1.80. The van der Waals surface area contributed by atoms with Crippen molar-refractivity contribution < 1.29 is 30.7 Å². The van der Waals surface area contributed by atoms with Gasteiger partial charge in [0, 0.05) is 7.05 Å². The zero-order valence-electron chi connectivity index (χ0n) is 8.19. The Balaban J connectivity index is 3.39. The van der Waals surface area contributed by atoms with Crippen molar-refractivity contribution in [2.75, 3.05) is 5.73 Å². The van der Waals surface area contributed by atoms with E-state index in [1.165, 1.54) is 0 Å². The lowest BCUT2D eigenvalue weighted by Gasteiger charge is -2.28. The van der Waals surface area contributed by atoms with Gasteiger partial charge < -0.3 is 5.73 Å². The minimum Gasteiger partial charge on any atom is -0.396 e. The van der Waals surface area contributed by atoms with Crippen LogP contribution in [0.3, 0.4) is 0 Å². The van der Waals surface area contributed by atoms with Crippen LogP contribution >= 0.6 is 0 Å². The minimum absolute atomic E-state index is 0.176. The van der Waals surface area contributed by atoms with Crippen molar-refractivity contribution in [3.63, 3.8) is 0 Å². The van der Waals surface area contributed by atoms with Crippen LogP contribution in [0.5, 0.6) is 0 Å². The molecule has 1 aromatic heterocycles. The maximum Gasteiger partial charge on any atom is 0.460 e. The summed E-state index contributed by atoms with van der Waals surface area (Å²) in [6.07, 6.45) is -5.83. The van der Waals surface area contributed by atoms with Crippen molar-refractivity contribution >= 4 is 5.69 Å². The number of nitrogens with zero attached hydrogens (tertiary/aromatic N) is 2. The molecule has 0 amide bonds. The molecule has 0 spiro atoms. The van der Waals surface area contributed by atoms with Crippen LogP contribution in [0.1, 0.15) is 5.69 Å². The number of nitrogens with two attached hydrogens (primary N) is 1. The van der Waals surface area contributed by atoms with Crippen LogP contribution in [0.15, 0.2) is 6.20 Å². The van der Waals surface area contributed by atoms with Gasteiger partial charge in [-0.15, -0.1) is 0 Å². The Bertz CT molecular complexity index is 400. The second-order valence-electron chi connectivity index (χ2n) is 3.22. The zero-order chi connectivity index (χ0) is 13.6. The van der Waals surface area contributed by atoms with Gasteiger partial charge in [0.25, 0.3) is 0 Å². The van der Waals surface area contributed by atoms with E-state index >= 15 is 0 Å². The first-order valence-corrected chi connectivity index (χ1v) is 4.03. The molecule has 1 heterocycles. The van der Waals surface area contributed by atoms with Gasteiger partial charge in [-0.25, -0.2) is 0 Å². The van der Waals surface area contributed by atoms with E-state index in [0.717, 1.165) is 7.05 Å². The van der Waals surface area contributed by atoms with Gasteiger partial charge in [-0.2, -0.15) is 35.8 Å². The number of nitrogen functional groups attached to an aromatic ring is 1. The van der Waals surface area contributed by atoms with Gasteiger partial charge in [0.05, 0.1) is 11.9 Å². The van der Waals surface area contributed by atoms with Crippen LogP contribution in [0.25, 0.3) is 0 Å². The molecular formula is C7H6F7N3. The van der Waals surface area contributed by atoms with E-state index in [4.69, 9.17) is 5.73 Å². The van der Waals surface area contributed by atoms with E-state index in [1.807, 2.05) is 0 Å². The average molecular weight is 265 g/mol. The molecular weight excluding hydrogens is 259 g/mol. The van der Waals surface area contributed by atoms with Crippen molar-refractivity contribution in [2.45, 2.75) is 18.0 Å². The Morgan fingerprint density at radius 3 is 1.88 bits per heavy atom. The molecule has 0 unspecified atom stereocenters. The number of aromatic nitrogens is 2. The van der Waals surface area contributed by atoms with Gasteiger partial charge in [0.15, 0.2) is 0 Å². The Kier molecular flexibility index (Phi) is 2.80. The van der Waals surface area contributed by atoms with Gasteiger partial charge in [0.2, 0.25) is 0 Å². The fourth-order valence-electron chi connectivity index (χ4n) is 1.17. The van der Waals surface area contributed by atoms with Crippen molar-refractivity contribution in [3.05, 3.63) is 11.9 Å². The van der Waals surface area contributed by atoms with Crippen LogP contribution in [-0.2, 0) is 13.0 Å². The van der Waals surface area contributed by atoms with Crippen LogP contribution in [0.2, 0.25) is 0 Å². The Hall–Kier alpha value is -1.48. The summed E-state index contributed by atoms with van der Waals surface area (Å²) in [6.45, 7) is 0. The van der Waals surface area contributed by atoms with E-state index in [-0.39, 0.29) is 4.68 Å². The first kappa shape index (κ1) is 13.6. The Morgan fingerprint density at radius 1 is 1.12 bits per heavy atom. The fourth-order valence-corrected chi connectivity index (χ4v) is 1.17. The van der Waals surface area contributed by atoms with Gasteiger partial charge in [-0.05, 0) is 0 Å². The summed E-state index contributed by atoms with van der Waals surface area (Å²) < 4.78 is 87.5. The zero-order valence-corrected chi connectivity index (χ0v) is 8.19. The number of halogens is 7. The minimum atomic E-state index is -6.40. The highest BCUT2D eigenvalue weighted by Gasteiger charge is 2.74. The van der Waals surface area contributed by atoms with Crippen LogP contribution in [0, 0.1) is 0 Å². The number of alkyl halides is 7. The quantitative estimate of drug-likeness (QED) is 0.834. The number of aryl methyl sites for hydroxylation is 1. The van der Waals surface area contributed by atoms with Gasteiger partial charge in [0.1, 0.15) is 5.69 Å². The number of anilines is 1. The lowest BCUT2D eigenvalue weighted by Crippen LogP contribution is -2.51. The number of hydrogen-bond acceptors (Lipinski definition) is 2. The van der Waals surface area contributed by atoms with Crippen molar-refractivity contribution in [3.8, 4) is 0 Å². The first-order valence-electron chi connectivity index (χ1n) is 4.03. The molecule has 1 rings (SSSR count). The highest BCUT2D eigenvalue weighted by molar-refractivity contribution is 5.44. The molecule has 0 saturated carbocycles. The maximum atomic E-state index is 13.2. The molecule has 0 aliphatic carbocycles. The normalized spacial score (nSPS) is 14.1. The monoisotopic (exact) mass is 265 g/mol. The van der Waals surface area contributed by atoms with E-state index < -0.39 is 29.4 Å².